The highest BCUT2D eigenvalue weighted by Crippen LogP contribution is 2.18. The maximum absolute atomic E-state index is 12.5. The van der Waals surface area contributed by atoms with Gasteiger partial charge >= 0.3 is 0 Å². The van der Waals surface area contributed by atoms with E-state index in [1.54, 1.807) is 18.2 Å². The van der Waals surface area contributed by atoms with Crippen molar-refractivity contribution in [1.82, 2.24) is 0 Å². The number of hydrogen-bond donors (Lipinski definition) is 2. The van der Waals surface area contributed by atoms with Gasteiger partial charge in [0.15, 0.2) is 6.04 Å². The van der Waals surface area contributed by atoms with E-state index in [4.69, 9.17) is 5.26 Å². The predicted molar refractivity (Wildman–Crippen MR) is 95.2 cm³/mol. The van der Waals surface area contributed by atoms with Gasteiger partial charge in [0.25, 0.3) is 5.91 Å². The van der Waals surface area contributed by atoms with E-state index in [1.807, 2.05) is 31.2 Å². The van der Waals surface area contributed by atoms with Crippen molar-refractivity contribution in [2.75, 3.05) is 5.32 Å². The van der Waals surface area contributed by atoms with Gasteiger partial charge in [-0.05, 0) is 19.1 Å². The Hall–Kier alpha value is -2.64. The minimum absolute atomic E-state index is 0.0979. The van der Waals surface area contributed by atoms with E-state index in [0.717, 1.165) is 0 Å². The predicted octanol–water partition coefficient (Wildman–Crippen LogP) is 2.85. The molecule has 124 valence electrons. The van der Waals surface area contributed by atoms with E-state index in [9.17, 15) is 4.79 Å². The highest BCUT2D eigenvalue weighted by Gasteiger charge is 2.26. The average Bonchev–Trinajstić information content (AvgIpc) is 2.60. The number of nitrogens with one attached hydrogen (secondary N) is 1. The van der Waals surface area contributed by atoms with Crippen LogP contribution in [0, 0.1) is 17.2 Å². The molecule has 0 saturated heterocycles. The summed E-state index contributed by atoms with van der Waals surface area (Å²) in [6.45, 7) is 6.20. The zero-order chi connectivity index (χ0) is 17.5. The third-order valence-corrected chi connectivity index (χ3v) is 4.12. The summed E-state index contributed by atoms with van der Waals surface area (Å²) in [5, 5.41) is 14.1. The first-order valence-corrected chi connectivity index (χ1v) is 8.23. The number of nitrogens with zero attached hydrogens (tertiary/aromatic N) is 1. The molecule has 3 N–H and O–H groups in total. The van der Waals surface area contributed by atoms with Gasteiger partial charge in [0.1, 0.15) is 12.1 Å². The SMILES string of the molecule is CC(C)[C@@H]([NH2+][C@@H](C)C(=O)Nc1ccccc1C#N)c1ccccc1. The molecule has 2 aromatic carbocycles. The number of anilines is 1. The molecular formula is C20H24N3O+. The molecule has 0 fully saturated rings. The van der Waals surface area contributed by atoms with E-state index < -0.39 is 0 Å². The fraction of sp³-hybridized carbons (Fsp3) is 0.300. The van der Waals surface area contributed by atoms with Crippen molar-refractivity contribution < 1.29 is 10.1 Å². The molecule has 0 spiro atoms. The third kappa shape index (κ3) is 4.43. The summed E-state index contributed by atoms with van der Waals surface area (Å²) < 4.78 is 0. The molecule has 0 heterocycles. The minimum atomic E-state index is -0.260. The Morgan fingerprint density at radius 2 is 1.67 bits per heavy atom. The summed E-state index contributed by atoms with van der Waals surface area (Å²) in [4.78, 5) is 12.5. The highest BCUT2D eigenvalue weighted by molar-refractivity contribution is 5.94. The molecule has 0 aromatic heterocycles. The number of benzene rings is 2. The quantitative estimate of drug-likeness (QED) is 0.858. The van der Waals surface area contributed by atoms with Crippen LogP contribution in [0.3, 0.4) is 0 Å². The van der Waals surface area contributed by atoms with Crippen LogP contribution in [0.15, 0.2) is 54.6 Å². The zero-order valence-electron chi connectivity index (χ0n) is 14.4. The number of hydrogen-bond acceptors (Lipinski definition) is 2. The summed E-state index contributed by atoms with van der Waals surface area (Å²) in [6, 6.07) is 19.3. The summed E-state index contributed by atoms with van der Waals surface area (Å²) >= 11 is 0. The lowest BCUT2D eigenvalue weighted by molar-refractivity contribution is -0.718. The van der Waals surface area contributed by atoms with Gasteiger partial charge in [0.2, 0.25) is 0 Å². The van der Waals surface area contributed by atoms with Crippen molar-refractivity contribution in [3.63, 3.8) is 0 Å². The molecule has 4 nitrogen and oxygen atoms in total. The van der Waals surface area contributed by atoms with Crippen LogP contribution in [0.5, 0.6) is 0 Å². The molecule has 4 heteroatoms. The second-order valence-electron chi connectivity index (χ2n) is 6.31. The third-order valence-electron chi connectivity index (χ3n) is 4.12. The number of carbonyl (C=O) groups excluding carboxylic acids is 1. The summed E-state index contributed by atoms with van der Waals surface area (Å²) in [7, 11) is 0. The van der Waals surface area contributed by atoms with Crippen LogP contribution >= 0.6 is 0 Å². The molecule has 0 aliphatic carbocycles. The van der Waals surface area contributed by atoms with Crippen LogP contribution in [-0.2, 0) is 4.79 Å². The number of amides is 1. The smallest absolute Gasteiger partial charge is 0.282 e. The summed E-state index contributed by atoms with van der Waals surface area (Å²) in [6.07, 6.45) is 0. The van der Waals surface area contributed by atoms with Crippen molar-refractivity contribution in [2.24, 2.45) is 5.92 Å². The monoisotopic (exact) mass is 322 g/mol. The maximum atomic E-state index is 12.5. The van der Waals surface area contributed by atoms with Gasteiger partial charge in [-0.25, -0.2) is 0 Å². The van der Waals surface area contributed by atoms with Gasteiger partial charge in [-0.1, -0.05) is 56.3 Å². The number of nitrogens with two attached hydrogens (primary N) is 1. The van der Waals surface area contributed by atoms with E-state index >= 15 is 0 Å². The number of rotatable bonds is 6. The van der Waals surface area contributed by atoms with Gasteiger partial charge in [-0.2, -0.15) is 5.26 Å². The lowest BCUT2D eigenvalue weighted by Crippen LogP contribution is -2.93. The molecule has 1 amide bonds. The van der Waals surface area contributed by atoms with E-state index in [1.165, 1.54) is 5.56 Å². The maximum Gasteiger partial charge on any atom is 0.282 e. The Balaban J connectivity index is 2.08. The van der Waals surface area contributed by atoms with Crippen molar-refractivity contribution in [1.29, 1.82) is 5.26 Å². The largest absolute Gasteiger partial charge is 0.330 e. The first kappa shape index (κ1) is 17.7. The lowest BCUT2D eigenvalue weighted by Gasteiger charge is -2.23. The molecule has 0 radical (unpaired) electrons. The van der Waals surface area contributed by atoms with Crippen LogP contribution < -0.4 is 10.6 Å². The highest BCUT2D eigenvalue weighted by atomic mass is 16.2. The number of para-hydroxylation sites is 1. The number of nitriles is 1. The second kappa shape index (κ2) is 8.28. The Kier molecular flexibility index (Phi) is 6.11. The van der Waals surface area contributed by atoms with Crippen molar-refractivity contribution >= 4 is 11.6 Å². The molecule has 2 atom stereocenters. The Bertz CT molecular complexity index is 719. The van der Waals surface area contributed by atoms with Gasteiger partial charge in [0.05, 0.1) is 11.3 Å². The van der Waals surface area contributed by atoms with Gasteiger partial charge in [0, 0.05) is 11.5 Å². The fourth-order valence-corrected chi connectivity index (χ4v) is 2.73. The molecule has 0 aliphatic heterocycles. The molecule has 0 saturated carbocycles. The van der Waals surface area contributed by atoms with E-state index in [-0.39, 0.29) is 18.0 Å². The standard InChI is InChI=1S/C20H23N3O/c1-14(2)19(16-9-5-4-6-10-16)22-15(3)20(24)23-18-12-8-7-11-17(18)13-21/h4-12,14-15,19,22H,1-3H3,(H,23,24)/p+1/t15-,19+/m0/s1. The minimum Gasteiger partial charge on any atom is -0.330 e. The fourth-order valence-electron chi connectivity index (χ4n) is 2.73. The number of carbonyl (C=O) groups is 1. The topological polar surface area (TPSA) is 69.5 Å². The molecule has 24 heavy (non-hydrogen) atoms. The van der Waals surface area contributed by atoms with Crippen LogP contribution in [0.4, 0.5) is 5.69 Å². The van der Waals surface area contributed by atoms with Crippen LogP contribution in [0.25, 0.3) is 0 Å². The first-order chi connectivity index (χ1) is 11.5. The Labute approximate surface area is 143 Å². The lowest BCUT2D eigenvalue weighted by atomic mass is 9.95. The molecule has 2 rings (SSSR count). The van der Waals surface area contributed by atoms with E-state index in [0.29, 0.717) is 17.2 Å². The van der Waals surface area contributed by atoms with Gasteiger partial charge < -0.3 is 10.6 Å². The molecule has 0 aliphatic rings. The summed E-state index contributed by atoms with van der Waals surface area (Å²) in [5.41, 5.74) is 2.25. The van der Waals surface area contributed by atoms with Crippen molar-refractivity contribution in [3.8, 4) is 6.07 Å². The van der Waals surface area contributed by atoms with Crippen molar-refractivity contribution in [2.45, 2.75) is 32.9 Å². The van der Waals surface area contributed by atoms with Gasteiger partial charge in [-0.3, -0.25) is 4.79 Å². The summed E-state index contributed by atoms with van der Waals surface area (Å²) in [5.74, 6) is 0.299. The zero-order valence-corrected chi connectivity index (χ0v) is 14.4. The second-order valence-corrected chi connectivity index (χ2v) is 6.31. The molecule has 0 bridgehead atoms. The number of quaternary nitrogens is 1. The molecule has 0 unspecified atom stereocenters. The Morgan fingerprint density at radius 3 is 2.29 bits per heavy atom. The average molecular weight is 322 g/mol. The van der Waals surface area contributed by atoms with Gasteiger partial charge in [-0.15, -0.1) is 0 Å². The normalized spacial score (nSPS) is 13.1. The Morgan fingerprint density at radius 1 is 1.04 bits per heavy atom. The molecular weight excluding hydrogens is 298 g/mol. The molecule has 2 aromatic rings. The first-order valence-electron chi connectivity index (χ1n) is 8.23. The van der Waals surface area contributed by atoms with E-state index in [2.05, 4.69) is 42.7 Å². The van der Waals surface area contributed by atoms with Crippen molar-refractivity contribution in [3.05, 3.63) is 65.7 Å². The van der Waals surface area contributed by atoms with Crippen LogP contribution in [0.1, 0.15) is 37.9 Å². The van der Waals surface area contributed by atoms with Crippen LogP contribution in [-0.4, -0.2) is 11.9 Å². The van der Waals surface area contributed by atoms with Crippen LogP contribution in [0.2, 0.25) is 0 Å².